The second kappa shape index (κ2) is 4.56. The van der Waals surface area contributed by atoms with Crippen molar-refractivity contribution in [3.05, 3.63) is 42.1 Å². The van der Waals surface area contributed by atoms with Crippen molar-refractivity contribution < 1.29 is 9.50 Å². The van der Waals surface area contributed by atoms with Crippen molar-refractivity contribution in [3.8, 4) is 0 Å². The van der Waals surface area contributed by atoms with Gasteiger partial charge in [0, 0.05) is 5.92 Å². The molecule has 14 heavy (non-hydrogen) atoms. The van der Waals surface area contributed by atoms with Gasteiger partial charge in [0.15, 0.2) is 0 Å². The first-order valence-corrected chi connectivity index (χ1v) is 4.84. The van der Waals surface area contributed by atoms with Gasteiger partial charge in [-0.2, -0.15) is 0 Å². The molecule has 1 aromatic rings. The number of aliphatic hydroxyl groups excluding tert-OH is 1. The second-order valence-electron chi connectivity index (χ2n) is 3.56. The molecule has 1 radical (unpaired) electrons. The molecule has 0 amide bonds. The van der Waals surface area contributed by atoms with Crippen molar-refractivity contribution in [2.45, 2.75) is 32.3 Å². The van der Waals surface area contributed by atoms with E-state index in [-0.39, 0.29) is 11.7 Å². The van der Waals surface area contributed by atoms with Crippen molar-refractivity contribution in [2.24, 2.45) is 0 Å². The van der Waals surface area contributed by atoms with Crippen LogP contribution < -0.4 is 0 Å². The predicted molar refractivity (Wildman–Crippen MR) is 55.5 cm³/mol. The molecular weight excluding hydrogens is 179 g/mol. The Morgan fingerprint density at radius 2 is 2.14 bits per heavy atom. The monoisotopic (exact) mass is 195 g/mol. The molecular formula is C12H16FO. The van der Waals surface area contributed by atoms with Crippen LogP contribution in [-0.2, 0) is 0 Å². The second-order valence-corrected chi connectivity index (χ2v) is 3.56. The Morgan fingerprint density at radius 3 is 2.71 bits per heavy atom. The molecule has 2 heteroatoms. The maximum Gasteiger partial charge on any atom is 0.129 e. The largest absolute Gasteiger partial charge is 0.393 e. The fourth-order valence-corrected chi connectivity index (χ4v) is 1.45. The van der Waals surface area contributed by atoms with E-state index in [0.717, 1.165) is 0 Å². The number of rotatable bonds is 3. The summed E-state index contributed by atoms with van der Waals surface area (Å²) in [5.74, 6) is -0.639. The Hall–Kier alpha value is -0.890. The minimum atomic E-state index is -0.578. The zero-order chi connectivity index (χ0) is 10.7. The highest BCUT2D eigenvalue weighted by Crippen LogP contribution is 2.24. The average Bonchev–Trinajstić information content (AvgIpc) is 2.20. The molecule has 0 fully saturated rings. The molecule has 0 saturated heterocycles. The molecule has 1 aromatic carbocycles. The molecule has 1 nitrogen and oxygen atoms in total. The van der Waals surface area contributed by atoms with Crippen LogP contribution >= 0.6 is 0 Å². The Morgan fingerprint density at radius 1 is 1.50 bits per heavy atom. The van der Waals surface area contributed by atoms with Crippen LogP contribution in [0.4, 0.5) is 4.39 Å². The summed E-state index contributed by atoms with van der Waals surface area (Å²) < 4.78 is 13.6. The van der Waals surface area contributed by atoms with Gasteiger partial charge in [-0.1, -0.05) is 25.1 Å². The zero-order valence-electron chi connectivity index (χ0n) is 8.63. The van der Waals surface area contributed by atoms with Gasteiger partial charge in [-0.05, 0) is 31.4 Å². The molecule has 0 aromatic heterocycles. The SMILES string of the molecule is [CH2]C(c1cccc(C)c1F)C(O)CC. The summed E-state index contributed by atoms with van der Waals surface area (Å²) in [5.41, 5.74) is 1.10. The van der Waals surface area contributed by atoms with Crippen molar-refractivity contribution in [3.63, 3.8) is 0 Å². The minimum Gasteiger partial charge on any atom is -0.393 e. The van der Waals surface area contributed by atoms with Crippen LogP contribution in [0.5, 0.6) is 0 Å². The molecule has 0 aliphatic carbocycles. The van der Waals surface area contributed by atoms with Crippen LogP contribution in [0.15, 0.2) is 18.2 Å². The molecule has 1 N–H and O–H groups in total. The first-order chi connectivity index (χ1) is 6.57. The van der Waals surface area contributed by atoms with E-state index in [4.69, 9.17) is 0 Å². The van der Waals surface area contributed by atoms with Gasteiger partial charge < -0.3 is 5.11 Å². The summed E-state index contributed by atoms with van der Waals surface area (Å²) >= 11 is 0. The van der Waals surface area contributed by atoms with Gasteiger partial charge in [-0.25, -0.2) is 4.39 Å². The van der Waals surface area contributed by atoms with Gasteiger partial charge in [-0.15, -0.1) is 0 Å². The van der Waals surface area contributed by atoms with Crippen LogP contribution in [-0.4, -0.2) is 11.2 Å². The molecule has 0 aliphatic rings. The normalized spacial score (nSPS) is 15.2. The highest BCUT2D eigenvalue weighted by atomic mass is 19.1. The molecule has 0 saturated carbocycles. The highest BCUT2D eigenvalue weighted by Gasteiger charge is 2.18. The molecule has 2 unspecified atom stereocenters. The quantitative estimate of drug-likeness (QED) is 0.786. The highest BCUT2D eigenvalue weighted by molar-refractivity contribution is 5.29. The number of hydrogen-bond acceptors (Lipinski definition) is 1. The first kappa shape index (κ1) is 11.2. The van der Waals surface area contributed by atoms with Gasteiger partial charge in [-0.3, -0.25) is 0 Å². The van der Waals surface area contributed by atoms with E-state index in [1.54, 1.807) is 25.1 Å². The summed E-state index contributed by atoms with van der Waals surface area (Å²) in [6.07, 6.45) is 0.00737. The lowest BCUT2D eigenvalue weighted by atomic mass is 9.92. The average molecular weight is 195 g/mol. The number of hydrogen-bond donors (Lipinski definition) is 1. The topological polar surface area (TPSA) is 20.2 Å². The van der Waals surface area contributed by atoms with E-state index in [1.807, 2.05) is 6.92 Å². The van der Waals surface area contributed by atoms with E-state index >= 15 is 0 Å². The summed E-state index contributed by atoms with van der Waals surface area (Å²) in [4.78, 5) is 0. The third kappa shape index (κ3) is 2.13. The van der Waals surface area contributed by atoms with E-state index in [9.17, 15) is 9.50 Å². The third-order valence-electron chi connectivity index (χ3n) is 2.50. The van der Waals surface area contributed by atoms with E-state index in [2.05, 4.69) is 6.92 Å². The molecule has 77 valence electrons. The van der Waals surface area contributed by atoms with Crippen molar-refractivity contribution >= 4 is 0 Å². The summed E-state index contributed by atoms with van der Waals surface area (Å²) in [6, 6.07) is 5.18. The van der Waals surface area contributed by atoms with E-state index in [0.29, 0.717) is 17.5 Å². The van der Waals surface area contributed by atoms with Crippen LogP contribution in [0, 0.1) is 19.7 Å². The number of aliphatic hydroxyl groups is 1. The Labute approximate surface area is 84.6 Å². The van der Waals surface area contributed by atoms with Crippen molar-refractivity contribution in [1.29, 1.82) is 0 Å². The zero-order valence-corrected chi connectivity index (χ0v) is 8.63. The lowest BCUT2D eigenvalue weighted by Crippen LogP contribution is -2.16. The fraction of sp³-hybridized carbons (Fsp3) is 0.417. The molecule has 2 atom stereocenters. The molecule has 0 aliphatic heterocycles. The fourth-order valence-electron chi connectivity index (χ4n) is 1.45. The Balaban J connectivity index is 3.01. The van der Waals surface area contributed by atoms with Gasteiger partial charge in [0.05, 0.1) is 6.10 Å². The maximum absolute atomic E-state index is 13.6. The van der Waals surface area contributed by atoms with Gasteiger partial charge in [0.2, 0.25) is 0 Å². The smallest absolute Gasteiger partial charge is 0.129 e. The maximum atomic E-state index is 13.6. The van der Waals surface area contributed by atoms with Gasteiger partial charge in [0.25, 0.3) is 0 Å². The van der Waals surface area contributed by atoms with Crippen LogP contribution in [0.3, 0.4) is 0 Å². The van der Waals surface area contributed by atoms with Crippen LogP contribution in [0.25, 0.3) is 0 Å². The van der Waals surface area contributed by atoms with Gasteiger partial charge >= 0.3 is 0 Å². The van der Waals surface area contributed by atoms with Crippen molar-refractivity contribution in [2.75, 3.05) is 0 Å². The summed E-state index contributed by atoms with van der Waals surface area (Å²) in [6.45, 7) is 7.36. The van der Waals surface area contributed by atoms with E-state index in [1.165, 1.54) is 0 Å². The standard InChI is InChI=1S/C12H16FO/c1-4-11(14)9(3)10-7-5-6-8(2)12(10)13/h5-7,9,11,14H,3-4H2,1-2H3. The predicted octanol–water partition coefficient (Wildman–Crippen LogP) is 2.82. The molecule has 0 bridgehead atoms. The van der Waals surface area contributed by atoms with Crippen molar-refractivity contribution in [1.82, 2.24) is 0 Å². The number of halogens is 1. The molecule has 0 heterocycles. The minimum absolute atomic E-state index is 0.250. The third-order valence-corrected chi connectivity index (χ3v) is 2.50. The Kier molecular flexibility index (Phi) is 3.64. The van der Waals surface area contributed by atoms with Gasteiger partial charge in [0.1, 0.15) is 5.82 Å². The van der Waals surface area contributed by atoms with Crippen LogP contribution in [0.1, 0.15) is 30.4 Å². The molecule has 0 spiro atoms. The van der Waals surface area contributed by atoms with Crippen LogP contribution in [0.2, 0.25) is 0 Å². The van der Waals surface area contributed by atoms with E-state index < -0.39 is 6.10 Å². The summed E-state index contributed by atoms with van der Waals surface area (Å²) in [7, 11) is 0. The first-order valence-electron chi connectivity index (χ1n) is 4.84. The molecule has 1 rings (SSSR count). The lowest BCUT2D eigenvalue weighted by Gasteiger charge is -2.18. The number of aryl methyl sites for hydroxylation is 1. The Bertz CT molecular complexity index is 309. The lowest BCUT2D eigenvalue weighted by molar-refractivity contribution is 0.152. The number of benzene rings is 1. The summed E-state index contributed by atoms with van der Waals surface area (Å²) in [5, 5.41) is 9.57.